The number of hydrogen-bond donors (Lipinski definition) is 1. The second-order valence-corrected chi connectivity index (χ2v) is 4.68. The van der Waals surface area contributed by atoms with Gasteiger partial charge < -0.3 is 9.84 Å². The highest BCUT2D eigenvalue weighted by atomic mass is 79.9. The number of hydrogen-bond acceptors (Lipinski definition) is 2. The van der Waals surface area contributed by atoms with E-state index in [-0.39, 0.29) is 6.61 Å². The second kappa shape index (κ2) is 5.54. The maximum Gasteiger partial charge on any atom is 0.151 e. The molecule has 0 spiro atoms. The van der Waals surface area contributed by atoms with Gasteiger partial charge in [0.25, 0.3) is 0 Å². The van der Waals surface area contributed by atoms with Gasteiger partial charge in [-0.15, -0.1) is 0 Å². The van der Waals surface area contributed by atoms with Crippen LogP contribution in [0.5, 0.6) is 11.5 Å². The standard InChI is InChI=1S/C13H10BrClO2/c14-10-5-1-2-7-12(10)17-13-9(8-16)4-3-6-11(13)15/h1-7,16H,8H2. The molecular weight excluding hydrogens is 303 g/mol. The van der Waals surface area contributed by atoms with Gasteiger partial charge in [0.1, 0.15) is 5.75 Å². The van der Waals surface area contributed by atoms with Crippen LogP contribution in [0.25, 0.3) is 0 Å². The Morgan fingerprint density at radius 2 is 1.88 bits per heavy atom. The summed E-state index contributed by atoms with van der Waals surface area (Å²) < 4.78 is 6.56. The molecule has 0 amide bonds. The minimum Gasteiger partial charge on any atom is -0.454 e. The molecule has 0 unspecified atom stereocenters. The molecule has 0 aliphatic carbocycles. The lowest BCUT2D eigenvalue weighted by Gasteiger charge is -2.12. The van der Waals surface area contributed by atoms with Crippen LogP contribution in [0.1, 0.15) is 5.56 Å². The van der Waals surface area contributed by atoms with Crippen molar-refractivity contribution in [3.05, 3.63) is 57.5 Å². The molecule has 0 heterocycles. The summed E-state index contributed by atoms with van der Waals surface area (Å²) in [5.74, 6) is 1.15. The molecule has 0 saturated carbocycles. The number of halogens is 2. The molecule has 0 fully saturated rings. The summed E-state index contributed by atoms with van der Waals surface area (Å²) in [4.78, 5) is 0. The third kappa shape index (κ3) is 2.80. The summed E-state index contributed by atoms with van der Waals surface area (Å²) in [6, 6.07) is 12.8. The minimum absolute atomic E-state index is 0.111. The normalized spacial score (nSPS) is 10.3. The van der Waals surface area contributed by atoms with Crippen molar-refractivity contribution < 1.29 is 9.84 Å². The first-order valence-electron chi connectivity index (χ1n) is 5.03. The van der Waals surface area contributed by atoms with E-state index in [1.165, 1.54) is 0 Å². The fourth-order valence-corrected chi connectivity index (χ4v) is 2.03. The van der Waals surface area contributed by atoms with Gasteiger partial charge in [-0.25, -0.2) is 0 Å². The zero-order chi connectivity index (χ0) is 12.3. The second-order valence-electron chi connectivity index (χ2n) is 3.42. The van der Waals surface area contributed by atoms with E-state index < -0.39 is 0 Å². The fourth-order valence-electron chi connectivity index (χ4n) is 1.43. The smallest absolute Gasteiger partial charge is 0.151 e. The lowest BCUT2D eigenvalue weighted by Crippen LogP contribution is -1.93. The molecule has 1 N–H and O–H groups in total. The maximum atomic E-state index is 9.24. The van der Waals surface area contributed by atoms with Gasteiger partial charge in [-0.2, -0.15) is 0 Å². The van der Waals surface area contributed by atoms with Crippen LogP contribution in [0.4, 0.5) is 0 Å². The molecule has 0 radical (unpaired) electrons. The molecule has 0 aliphatic rings. The summed E-state index contributed by atoms with van der Waals surface area (Å²) in [7, 11) is 0. The highest BCUT2D eigenvalue weighted by Crippen LogP contribution is 2.35. The van der Waals surface area contributed by atoms with E-state index in [0.29, 0.717) is 22.1 Å². The molecule has 0 aromatic heterocycles. The Kier molecular flexibility index (Phi) is 4.05. The summed E-state index contributed by atoms with van der Waals surface area (Å²) >= 11 is 9.45. The topological polar surface area (TPSA) is 29.5 Å². The van der Waals surface area contributed by atoms with Gasteiger partial charge in [0.2, 0.25) is 0 Å². The first-order valence-corrected chi connectivity index (χ1v) is 6.20. The SMILES string of the molecule is OCc1cccc(Cl)c1Oc1ccccc1Br. The molecule has 88 valence electrons. The Morgan fingerprint density at radius 3 is 2.59 bits per heavy atom. The van der Waals surface area contributed by atoms with Gasteiger partial charge in [-0.1, -0.05) is 35.9 Å². The van der Waals surface area contributed by atoms with Gasteiger partial charge >= 0.3 is 0 Å². The van der Waals surface area contributed by atoms with Crippen molar-refractivity contribution in [2.75, 3.05) is 0 Å². The number of rotatable bonds is 3. The number of benzene rings is 2. The zero-order valence-electron chi connectivity index (χ0n) is 8.86. The van der Waals surface area contributed by atoms with Crippen LogP contribution in [0, 0.1) is 0 Å². The summed E-state index contributed by atoms with van der Waals surface area (Å²) in [5, 5.41) is 9.72. The molecule has 0 atom stereocenters. The summed E-state index contributed by atoms with van der Waals surface area (Å²) in [6.07, 6.45) is 0. The van der Waals surface area contributed by atoms with E-state index in [9.17, 15) is 5.11 Å². The van der Waals surface area contributed by atoms with Crippen molar-refractivity contribution in [2.24, 2.45) is 0 Å². The van der Waals surface area contributed by atoms with Crippen LogP contribution in [0.2, 0.25) is 5.02 Å². The van der Waals surface area contributed by atoms with E-state index in [0.717, 1.165) is 4.47 Å². The highest BCUT2D eigenvalue weighted by Gasteiger charge is 2.10. The first-order chi connectivity index (χ1) is 8.22. The largest absolute Gasteiger partial charge is 0.454 e. The summed E-state index contributed by atoms with van der Waals surface area (Å²) in [6.45, 7) is -0.111. The van der Waals surface area contributed by atoms with Crippen molar-refractivity contribution in [2.45, 2.75) is 6.61 Å². The van der Waals surface area contributed by atoms with Crippen molar-refractivity contribution in [3.8, 4) is 11.5 Å². The molecule has 4 heteroatoms. The van der Waals surface area contributed by atoms with Gasteiger partial charge in [-0.05, 0) is 34.1 Å². The van der Waals surface area contributed by atoms with Gasteiger partial charge in [0.05, 0.1) is 16.1 Å². The van der Waals surface area contributed by atoms with Crippen molar-refractivity contribution >= 4 is 27.5 Å². The van der Waals surface area contributed by atoms with E-state index >= 15 is 0 Å². The average Bonchev–Trinajstić information content (AvgIpc) is 2.34. The predicted octanol–water partition coefficient (Wildman–Crippen LogP) is 4.39. The molecule has 0 aliphatic heterocycles. The lowest BCUT2D eigenvalue weighted by atomic mass is 10.2. The number of aliphatic hydroxyl groups excluding tert-OH is 1. The first kappa shape index (κ1) is 12.4. The van der Waals surface area contributed by atoms with Crippen LogP contribution in [-0.2, 0) is 6.61 Å². The Labute approximate surface area is 113 Å². The van der Waals surface area contributed by atoms with Crippen LogP contribution < -0.4 is 4.74 Å². The number of para-hydroxylation sites is 2. The Morgan fingerprint density at radius 1 is 1.12 bits per heavy atom. The molecular formula is C13H10BrClO2. The van der Waals surface area contributed by atoms with Gasteiger partial charge in [0, 0.05) is 5.56 Å². The van der Waals surface area contributed by atoms with E-state index in [2.05, 4.69) is 15.9 Å². The van der Waals surface area contributed by atoms with Crippen molar-refractivity contribution in [1.82, 2.24) is 0 Å². The molecule has 0 saturated heterocycles. The minimum atomic E-state index is -0.111. The zero-order valence-corrected chi connectivity index (χ0v) is 11.2. The molecule has 2 nitrogen and oxygen atoms in total. The fraction of sp³-hybridized carbons (Fsp3) is 0.0769. The van der Waals surface area contributed by atoms with E-state index in [1.54, 1.807) is 18.2 Å². The molecule has 17 heavy (non-hydrogen) atoms. The molecule has 2 rings (SSSR count). The van der Waals surface area contributed by atoms with Crippen LogP contribution >= 0.6 is 27.5 Å². The Hall–Kier alpha value is -1.03. The third-order valence-electron chi connectivity index (χ3n) is 2.27. The van der Waals surface area contributed by atoms with Crippen molar-refractivity contribution in [1.29, 1.82) is 0 Å². The van der Waals surface area contributed by atoms with Crippen LogP contribution in [0.15, 0.2) is 46.9 Å². The molecule has 2 aromatic carbocycles. The summed E-state index contributed by atoms with van der Waals surface area (Å²) in [5.41, 5.74) is 0.660. The quantitative estimate of drug-likeness (QED) is 0.911. The Balaban J connectivity index is 2.39. The Bertz CT molecular complexity index is 529. The van der Waals surface area contributed by atoms with E-state index in [4.69, 9.17) is 16.3 Å². The van der Waals surface area contributed by atoms with Gasteiger partial charge in [-0.3, -0.25) is 0 Å². The highest BCUT2D eigenvalue weighted by molar-refractivity contribution is 9.10. The number of aliphatic hydroxyl groups is 1. The maximum absolute atomic E-state index is 9.24. The van der Waals surface area contributed by atoms with Gasteiger partial charge in [0.15, 0.2) is 5.75 Å². The van der Waals surface area contributed by atoms with Crippen LogP contribution in [0.3, 0.4) is 0 Å². The molecule has 0 bridgehead atoms. The van der Waals surface area contributed by atoms with E-state index in [1.807, 2.05) is 24.3 Å². The van der Waals surface area contributed by atoms with Crippen LogP contribution in [-0.4, -0.2) is 5.11 Å². The molecule has 2 aromatic rings. The average molecular weight is 314 g/mol. The predicted molar refractivity (Wildman–Crippen MR) is 71.6 cm³/mol. The monoisotopic (exact) mass is 312 g/mol. The number of ether oxygens (including phenoxy) is 1. The lowest BCUT2D eigenvalue weighted by molar-refractivity contribution is 0.276. The van der Waals surface area contributed by atoms with Crippen molar-refractivity contribution in [3.63, 3.8) is 0 Å². The third-order valence-corrected chi connectivity index (χ3v) is 3.22.